The zero-order valence-corrected chi connectivity index (χ0v) is 17.9. The predicted octanol–water partition coefficient (Wildman–Crippen LogP) is 4.86. The van der Waals surface area contributed by atoms with Crippen LogP contribution >= 0.6 is 0 Å². The van der Waals surface area contributed by atoms with E-state index in [0.29, 0.717) is 23.7 Å². The summed E-state index contributed by atoms with van der Waals surface area (Å²) in [5, 5.41) is 6.92. The van der Waals surface area contributed by atoms with Crippen LogP contribution in [0.15, 0.2) is 58.0 Å². The second-order valence-corrected chi connectivity index (χ2v) is 7.52. The molecule has 2 atom stereocenters. The number of furan rings is 1. The topological polar surface area (TPSA) is 65.7 Å². The Morgan fingerprint density at radius 2 is 1.74 bits per heavy atom. The molecular weight excluding hydrogens is 396 g/mol. The van der Waals surface area contributed by atoms with Crippen molar-refractivity contribution in [3.05, 3.63) is 71.2 Å². The van der Waals surface area contributed by atoms with Gasteiger partial charge >= 0.3 is 0 Å². The second kappa shape index (κ2) is 7.58. The molecule has 0 aliphatic carbocycles. The fourth-order valence-corrected chi connectivity index (χ4v) is 4.21. The number of methoxy groups -OCH3 is 3. The molecule has 31 heavy (non-hydrogen) atoms. The van der Waals surface area contributed by atoms with Crippen molar-refractivity contribution in [2.24, 2.45) is 5.10 Å². The van der Waals surface area contributed by atoms with Crippen LogP contribution in [0.4, 0.5) is 0 Å². The third kappa shape index (κ3) is 3.17. The first kappa shape index (κ1) is 19.4. The first-order valence-electron chi connectivity index (χ1n) is 10.1. The van der Waals surface area contributed by atoms with E-state index in [1.54, 1.807) is 21.3 Å². The predicted molar refractivity (Wildman–Crippen MR) is 115 cm³/mol. The third-order valence-corrected chi connectivity index (χ3v) is 5.72. The van der Waals surface area contributed by atoms with Gasteiger partial charge < -0.3 is 23.4 Å². The van der Waals surface area contributed by atoms with Crippen LogP contribution in [-0.2, 0) is 0 Å². The number of fused-ring (bicyclic) bond motifs is 3. The summed E-state index contributed by atoms with van der Waals surface area (Å²) in [6.45, 7) is 1.93. The van der Waals surface area contributed by atoms with E-state index in [1.807, 2.05) is 54.4 Å². The van der Waals surface area contributed by atoms with Gasteiger partial charge in [-0.3, -0.25) is 0 Å². The van der Waals surface area contributed by atoms with Gasteiger partial charge in [0, 0.05) is 17.5 Å². The van der Waals surface area contributed by atoms with E-state index in [2.05, 4.69) is 6.07 Å². The molecule has 2 aromatic carbocycles. The standard InChI is InChI=1S/C24H24N2O5/c1-14-8-10-19(30-14)17-13-18-16-6-5-7-21(28-3)23(16)31-24(26(18)25-17)15-9-11-20(27-2)22(12-15)29-4/h5-12,18,24H,13H2,1-4H3/t18-,24+/m1/s1. The van der Waals surface area contributed by atoms with E-state index in [0.717, 1.165) is 34.1 Å². The van der Waals surface area contributed by atoms with Gasteiger partial charge in [0.15, 0.2) is 23.0 Å². The van der Waals surface area contributed by atoms with Crippen molar-refractivity contribution in [3.8, 4) is 23.0 Å². The third-order valence-electron chi connectivity index (χ3n) is 5.72. The van der Waals surface area contributed by atoms with Gasteiger partial charge in [-0.1, -0.05) is 12.1 Å². The van der Waals surface area contributed by atoms with Gasteiger partial charge in [0.05, 0.1) is 27.4 Å². The zero-order chi connectivity index (χ0) is 21.5. The molecule has 0 radical (unpaired) electrons. The second-order valence-electron chi connectivity index (χ2n) is 7.52. The molecular formula is C24H24N2O5. The minimum absolute atomic E-state index is 0.00245. The first-order valence-corrected chi connectivity index (χ1v) is 10.1. The van der Waals surface area contributed by atoms with Crippen LogP contribution in [-0.4, -0.2) is 32.0 Å². The monoisotopic (exact) mass is 420 g/mol. The Kier molecular flexibility index (Phi) is 4.73. The lowest BCUT2D eigenvalue weighted by molar-refractivity contribution is -0.0210. The number of benzene rings is 2. The molecule has 2 aliphatic heterocycles. The molecule has 0 fully saturated rings. The van der Waals surface area contributed by atoms with Crippen LogP contribution in [0.25, 0.3) is 0 Å². The molecule has 0 saturated heterocycles. The highest BCUT2D eigenvalue weighted by Gasteiger charge is 2.42. The van der Waals surface area contributed by atoms with E-state index < -0.39 is 6.23 Å². The maximum Gasteiger partial charge on any atom is 0.214 e. The van der Waals surface area contributed by atoms with Crippen LogP contribution in [0.3, 0.4) is 0 Å². The summed E-state index contributed by atoms with van der Waals surface area (Å²) < 4.78 is 28.8. The number of hydrogen-bond acceptors (Lipinski definition) is 7. The Bertz CT molecular complexity index is 1150. The summed E-state index contributed by atoms with van der Waals surface area (Å²) in [6.07, 6.45) is 0.252. The molecule has 5 rings (SSSR count). The Balaban J connectivity index is 1.62. The van der Waals surface area contributed by atoms with Gasteiger partial charge in [-0.25, -0.2) is 5.01 Å². The van der Waals surface area contributed by atoms with Gasteiger partial charge in [0.1, 0.15) is 17.2 Å². The molecule has 3 heterocycles. The van der Waals surface area contributed by atoms with E-state index in [4.69, 9.17) is 28.5 Å². The molecule has 0 N–H and O–H groups in total. The highest BCUT2D eigenvalue weighted by atomic mass is 16.5. The van der Waals surface area contributed by atoms with Gasteiger partial charge in [0.25, 0.3) is 0 Å². The van der Waals surface area contributed by atoms with E-state index >= 15 is 0 Å². The number of nitrogens with zero attached hydrogens (tertiary/aromatic N) is 2. The molecule has 0 saturated carbocycles. The molecule has 160 valence electrons. The van der Waals surface area contributed by atoms with Crippen LogP contribution in [0.5, 0.6) is 23.0 Å². The normalized spacial score (nSPS) is 19.2. The lowest BCUT2D eigenvalue weighted by Crippen LogP contribution is -2.33. The fraction of sp³-hybridized carbons (Fsp3) is 0.292. The van der Waals surface area contributed by atoms with E-state index in [9.17, 15) is 0 Å². The van der Waals surface area contributed by atoms with E-state index in [-0.39, 0.29) is 6.04 Å². The maximum absolute atomic E-state index is 6.48. The van der Waals surface area contributed by atoms with Crippen LogP contribution in [0, 0.1) is 6.92 Å². The highest BCUT2D eigenvalue weighted by Crippen LogP contribution is 2.51. The Morgan fingerprint density at radius 1 is 0.935 bits per heavy atom. The van der Waals surface area contributed by atoms with Gasteiger partial charge in [0.2, 0.25) is 6.23 Å². The molecule has 0 bridgehead atoms. The minimum Gasteiger partial charge on any atom is -0.493 e. The fourth-order valence-electron chi connectivity index (χ4n) is 4.21. The summed E-state index contributed by atoms with van der Waals surface area (Å²) in [5.41, 5.74) is 2.83. The Hall–Kier alpha value is -3.61. The number of hydrogen-bond donors (Lipinski definition) is 0. The number of rotatable bonds is 5. The smallest absolute Gasteiger partial charge is 0.214 e. The zero-order valence-electron chi connectivity index (χ0n) is 17.9. The van der Waals surface area contributed by atoms with Crippen molar-refractivity contribution in [3.63, 3.8) is 0 Å². The quantitative estimate of drug-likeness (QED) is 0.588. The number of ether oxygens (including phenoxy) is 4. The van der Waals surface area contributed by atoms with Crippen LogP contribution < -0.4 is 18.9 Å². The Labute approximate surface area is 180 Å². The van der Waals surface area contributed by atoms with Crippen LogP contribution in [0.1, 0.15) is 41.3 Å². The molecule has 2 aliphatic rings. The molecule has 7 heteroatoms. The van der Waals surface area contributed by atoms with Crippen molar-refractivity contribution >= 4 is 5.71 Å². The molecule has 0 spiro atoms. The minimum atomic E-state index is -0.456. The SMILES string of the molecule is COc1ccc([C@@H]2Oc3c(OC)cccc3[C@H]3CC(c4ccc(C)o4)=NN32)cc1OC. The average Bonchev–Trinajstić information content (AvgIpc) is 3.44. The number of aryl methyl sites for hydroxylation is 1. The largest absolute Gasteiger partial charge is 0.493 e. The Morgan fingerprint density at radius 3 is 2.45 bits per heavy atom. The summed E-state index contributed by atoms with van der Waals surface area (Å²) >= 11 is 0. The number of para-hydroxylation sites is 1. The molecule has 0 amide bonds. The summed E-state index contributed by atoms with van der Waals surface area (Å²) in [4.78, 5) is 0. The summed E-state index contributed by atoms with van der Waals surface area (Å²) in [7, 11) is 4.89. The van der Waals surface area contributed by atoms with Crippen molar-refractivity contribution in [1.82, 2.24) is 5.01 Å². The van der Waals surface area contributed by atoms with Gasteiger partial charge in [-0.15, -0.1) is 0 Å². The maximum atomic E-state index is 6.48. The highest BCUT2D eigenvalue weighted by molar-refractivity contribution is 5.99. The van der Waals surface area contributed by atoms with Crippen molar-refractivity contribution < 1.29 is 23.4 Å². The van der Waals surface area contributed by atoms with Gasteiger partial charge in [-0.2, -0.15) is 5.10 Å². The average molecular weight is 420 g/mol. The van der Waals surface area contributed by atoms with Crippen molar-refractivity contribution in [1.29, 1.82) is 0 Å². The summed E-state index contributed by atoms with van der Waals surface area (Å²) in [5.74, 6) is 4.37. The van der Waals surface area contributed by atoms with Crippen molar-refractivity contribution in [2.75, 3.05) is 21.3 Å². The first-order chi connectivity index (χ1) is 15.1. The number of hydrazone groups is 1. The molecule has 3 aromatic rings. The van der Waals surface area contributed by atoms with Gasteiger partial charge in [-0.05, 0) is 43.3 Å². The van der Waals surface area contributed by atoms with Crippen LogP contribution in [0.2, 0.25) is 0 Å². The van der Waals surface area contributed by atoms with Crippen molar-refractivity contribution in [2.45, 2.75) is 25.6 Å². The molecule has 7 nitrogen and oxygen atoms in total. The summed E-state index contributed by atoms with van der Waals surface area (Å²) in [6, 6.07) is 15.6. The lowest BCUT2D eigenvalue weighted by atomic mass is 9.97. The molecule has 1 aromatic heterocycles. The van der Waals surface area contributed by atoms with E-state index in [1.165, 1.54) is 0 Å². The molecule has 0 unspecified atom stereocenters. The lowest BCUT2D eigenvalue weighted by Gasteiger charge is -2.38.